The van der Waals surface area contributed by atoms with Crippen molar-refractivity contribution in [3.8, 4) is 0 Å². The third-order valence-corrected chi connectivity index (χ3v) is 5.49. The number of hydrogen-bond donors (Lipinski definition) is 1. The molecule has 0 aliphatic rings. The molecule has 0 aliphatic heterocycles. The number of thiazole rings is 1. The molecule has 6 heteroatoms. The van der Waals surface area contributed by atoms with E-state index in [-0.39, 0.29) is 11.9 Å². The zero-order chi connectivity index (χ0) is 21.6. The van der Waals surface area contributed by atoms with E-state index in [2.05, 4.69) is 10.3 Å². The molecule has 31 heavy (non-hydrogen) atoms. The summed E-state index contributed by atoms with van der Waals surface area (Å²) in [5.41, 5.74) is 3.46. The molecule has 0 aliphatic carbocycles. The first-order chi connectivity index (χ1) is 15.1. The van der Waals surface area contributed by atoms with Crippen LogP contribution in [0.5, 0.6) is 0 Å². The molecule has 5 nitrogen and oxygen atoms in total. The van der Waals surface area contributed by atoms with Gasteiger partial charge in [0.2, 0.25) is 0 Å². The van der Waals surface area contributed by atoms with Gasteiger partial charge in [0.1, 0.15) is 0 Å². The SMILES string of the molecule is CCOC(=O)c1ccc2nc(NC(=O)/C(=C\c3ccccc3)c3ccccc3)sc2c1. The van der Waals surface area contributed by atoms with E-state index in [1.807, 2.05) is 66.7 Å². The van der Waals surface area contributed by atoms with Gasteiger partial charge in [0, 0.05) is 5.57 Å². The van der Waals surface area contributed by atoms with E-state index < -0.39 is 0 Å². The predicted octanol–water partition coefficient (Wildman–Crippen LogP) is 5.65. The van der Waals surface area contributed by atoms with Gasteiger partial charge in [0.25, 0.3) is 5.91 Å². The Morgan fingerprint density at radius 2 is 1.68 bits per heavy atom. The van der Waals surface area contributed by atoms with Crippen LogP contribution in [0.2, 0.25) is 0 Å². The maximum atomic E-state index is 13.2. The van der Waals surface area contributed by atoms with Crippen LogP contribution in [0.4, 0.5) is 5.13 Å². The van der Waals surface area contributed by atoms with Gasteiger partial charge in [-0.05, 0) is 42.3 Å². The highest BCUT2D eigenvalue weighted by atomic mass is 32.1. The average Bonchev–Trinajstić information content (AvgIpc) is 3.20. The maximum absolute atomic E-state index is 13.2. The van der Waals surface area contributed by atoms with Crippen LogP contribution < -0.4 is 5.32 Å². The number of amides is 1. The summed E-state index contributed by atoms with van der Waals surface area (Å²) in [5.74, 6) is -0.625. The van der Waals surface area contributed by atoms with Gasteiger partial charge in [-0.25, -0.2) is 9.78 Å². The molecule has 3 aromatic carbocycles. The molecule has 4 aromatic rings. The fraction of sp³-hybridized carbons (Fsp3) is 0.0800. The third-order valence-electron chi connectivity index (χ3n) is 4.56. The Hall–Kier alpha value is -3.77. The van der Waals surface area contributed by atoms with Gasteiger partial charge in [-0.15, -0.1) is 0 Å². The summed E-state index contributed by atoms with van der Waals surface area (Å²) in [6.07, 6.45) is 1.86. The zero-order valence-electron chi connectivity index (χ0n) is 16.9. The summed E-state index contributed by atoms with van der Waals surface area (Å²) < 4.78 is 5.85. The lowest BCUT2D eigenvalue weighted by molar-refractivity contribution is -0.111. The molecule has 0 saturated heterocycles. The zero-order valence-corrected chi connectivity index (χ0v) is 17.7. The minimum absolute atomic E-state index is 0.250. The van der Waals surface area contributed by atoms with Crippen molar-refractivity contribution < 1.29 is 14.3 Å². The lowest BCUT2D eigenvalue weighted by Crippen LogP contribution is -2.13. The molecular formula is C25H20N2O3S. The minimum Gasteiger partial charge on any atom is -0.462 e. The molecule has 0 unspecified atom stereocenters. The number of nitrogens with one attached hydrogen (secondary N) is 1. The highest BCUT2D eigenvalue weighted by Gasteiger charge is 2.16. The summed E-state index contributed by atoms with van der Waals surface area (Å²) in [4.78, 5) is 29.6. The van der Waals surface area contributed by atoms with Crippen LogP contribution in [0.25, 0.3) is 21.9 Å². The van der Waals surface area contributed by atoms with Crippen LogP contribution >= 0.6 is 11.3 Å². The van der Waals surface area contributed by atoms with Crippen molar-refractivity contribution >= 4 is 50.2 Å². The number of hydrogen-bond acceptors (Lipinski definition) is 5. The molecule has 0 fully saturated rings. The largest absolute Gasteiger partial charge is 0.462 e. The van der Waals surface area contributed by atoms with E-state index in [9.17, 15) is 9.59 Å². The van der Waals surface area contributed by atoms with Gasteiger partial charge in [-0.3, -0.25) is 10.1 Å². The average molecular weight is 429 g/mol. The van der Waals surface area contributed by atoms with E-state index in [1.165, 1.54) is 11.3 Å². The van der Waals surface area contributed by atoms with Gasteiger partial charge >= 0.3 is 5.97 Å². The third kappa shape index (κ3) is 4.87. The van der Waals surface area contributed by atoms with E-state index in [0.29, 0.717) is 28.4 Å². The molecule has 0 radical (unpaired) electrons. The number of aromatic nitrogens is 1. The Balaban J connectivity index is 1.63. The standard InChI is InChI=1S/C25H20N2O3S/c1-2-30-24(29)19-13-14-21-22(16-19)31-25(26-21)27-23(28)20(18-11-7-4-8-12-18)15-17-9-5-3-6-10-17/h3-16H,2H2,1H3,(H,26,27,28)/b20-15-. The number of benzene rings is 3. The number of carbonyl (C=O) groups excluding carboxylic acids is 2. The van der Waals surface area contributed by atoms with Crippen LogP contribution in [-0.2, 0) is 9.53 Å². The number of nitrogens with zero attached hydrogens (tertiary/aromatic N) is 1. The number of rotatable bonds is 6. The van der Waals surface area contributed by atoms with Crippen molar-refractivity contribution in [2.75, 3.05) is 11.9 Å². The summed E-state index contributed by atoms with van der Waals surface area (Å²) >= 11 is 1.32. The van der Waals surface area contributed by atoms with Crippen molar-refractivity contribution in [3.05, 3.63) is 95.6 Å². The van der Waals surface area contributed by atoms with Crippen LogP contribution in [-0.4, -0.2) is 23.5 Å². The molecule has 1 N–H and O–H groups in total. The highest BCUT2D eigenvalue weighted by molar-refractivity contribution is 7.22. The molecular weight excluding hydrogens is 408 g/mol. The second-order valence-electron chi connectivity index (χ2n) is 6.71. The molecule has 1 heterocycles. The van der Waals surface area contributed by atoms with Crippen molar-refractivity contribution in [1.82, 2.24) is 4.98 Å². The molecule has 0 spiro atoms. The Labute approximate surface area is 184 Å². The second kappa shape index (κ2) is 9.36. The smallest absolute Gasteiger partial charge is 0.338 e. The first kappa shape index (κ1) is 20.5. The first-order valence-corrected chi connectivity index (χ1v) is 10.7. The Morgan fingerprint density at radius 1 is 0.968 bits per heavy atom. The Bertz CT molecular complexity index is 1250. The monoisotopic (exact) mass is 428 g/mol. The van der Waals surface area contributed by atoms with E-state index in [4.69, 9.17) is 4.74 Å². The van der Waals surface area contributed by atoms with Gasteiger partial charge in [0.05, 0.1) is 22.4 Å². The maximum Gasteiger partial charge on any atom is 0.338 e. The fourth-order valence-electron chi connectivity index (χ4n) is 3.10. The number of anilines is 1. The molecule has 1 aromatic heterocycles. The fourth-order valence-corrected chi connectivity index (χ4v) is 4.00. The number of ether oxygens (including phenoxy) is 1. The van der Waals surface area contributed by atoms with Gasteiger partial charge in [-0.2, -0.15) is 0 Å². The minimum atomic E-state index is -0.374. The normalized spacial score (nSPS) is 11.3. The lowest BCUT2D eigenvalue weighted by atomic mass is 10.0. The highest BCUT2D eigenvalue weighted by Crippen LogP contribution is 2.28. The van der Waals surface area contributed by atoms with Gasteiger partial charge in [-0.1, -0.05) is 72.0 Å². The molecule has 0 saturated carbocycles. The summed E-state index contributed by atoms with van der Waals surface area (Å²) in [5, 5.41) is 3.38. The molecule has 154 valence electrons. The second-order valence-corrected chi connectivity index (χ2v) is 7.74. The van der Waals surface area contributed by atoms with Gasteiger partial charge in [0.15, 0.2) is 5.13 Å². The lowest BCUT2D eigenvalue weighted by Gasteiger charge is -2.08. The molecule has 1 amide bonds. The Morgan fingerprint density at radius 3 is 2.39 bits per heavy atom. The van der Waals surface area contributed by atoms with Crippen molar-refractivity contribution in [2.24, 2.45) is 0 Å². The van der Waals surface area contributed by atoms with E-state index in [1.54, 1.807) is 25.1 Å². The topological polar surface area (TPSA) is 68.3 Å². The van der Waals surface area contributed by atoms with Crippen LogP contribution in [0.1, 0.15) is 28.4 Å². The molecule has 0 atom stereocenters. The van der Waals surface area contributed by atoms with Crippen LogP contribution in [0, 0.1) is 0 Å². The van der Waals surface area contributed by atoms with Crippen molar-refractivity contribution in [1.29, 1.82) is 0 Å². The number of esters is 1. The Kier molecular flexibility index (Phi) is 6.19. The van der Waals surface area contributed by atoms with Gasteiger partial charge < -0.3 is 4.74 Å². The quantitative estimate of drug-likeness (QED) is 0.245. The summed E-state index contributed by atoms with van der Waals surface area (Å²) in [6, 6.07) is 24.4. The molecule has 4 rings (SSSR count). The number of carbonyl (C=O) groups is 2. The van der Waals surface area contributed by atoms with Crippen LogP contribution in [0.15, 0.2) is 78.9 Å². The van der Waals surface area contributed by atoms with E-state index in [0.717, 1.165) is 15.8 Å². The van der Waals surface area contributed by atoms with Crippen molar-refractivity contribution in [2.45, 2.75) is 6.92 Å². The van der Waals surface area contributed by atoms with Crippen molar-refractivity contribution in [3.63, 3.8) is 0 Å². The summed E-state index contributed by atoms with van der Waals surface area (Å²) in [6.45, 7) is 2.08. The predicted molar refractivity (Wildman–Crippen MR) is 125 cm³/mol. The molecule has 0 bridgehead atoms. The number of fused-ring (bicyclic) bond motifs is 1. The first-order valence-electron chi connectivity index (χ1n) is 9.85. The van der Waals surface area contributed by atoms with Crippen LogP contribution in [0.3, 0.4) is 0 Å². The summed E-state index contributed by atoms with van der Waals surface area (Å²) in [7, 11) is 0. The van der Waals surface area contributed by atoms with E-state index >= 15 is 0 Å².